The van der Waals surface area contributed by atoms with Gasteiger partial charge >= 0.3 is 18.4 Å². The van der Waals surface area contributed by atoms with Gasteiger partial charge in [0.2, 0.25) is 0 Å². The summed E-state index contributed by atoms with van der Waals surface area (Å²) in [6.45, 7) is -1.36. The number of nitrogens with one attached hydrogen (secondary N) is 1. The van der Waals surface area contributed by atoms with Crippen molar-refractivity contribution in [2.24, 2.45) is 16.7 Å². The van der Waals surface area contributed by atoms with E-state index in [1.54, 1.807) is 0 Å². The fourth-order valence-corrected chi connectivity index (χ4v) is 5.29. The Morgan fingerprint density at radius 1 is 1.08 bits per heavy atom. The summed E-state index contributed by atoms with van der Waals surface area (Å²) in [6, 6.07) is -1.05. The van der Waals surface area contributed by atoms with E-state index in [1.807, 2.05) is 0 Å². The van der Waals surface area contributed by atoms with Gasteiger partial charge in [-0.1, -0.05) is 6.42 Å². The molecule has 2 aliphatic heterocycles. The van der Waals surface area contributed by atoms with E-state index in [4.69, 9.17) is 4.74 Å². The molecule has 4 rings (SSSR count). The molecule has 2 amide bonds. The van der Waals surface area contributed by atoms with Crippen molar-refractivity contribution in [1.29, 1.82) is 0 Å². The molecule has 2 saturated heterocycles. The smallest absolute Gasteiger partial charge is 0.377 e. The maximum atomic E-state index is 13.2. The van der Waals surface area contributed by atoms with E-state index in [2.05, 4.69) is 5.32 Å². The number of carbonyl (C=O) groups is 1. The van der Waals surface area contributed by atoms with E-state index in [0.29, 0.717) is 11.5 Å². The van der Waals surface area contributed by atoms with Crippen LogP contribution >= 0.6 is 0 Å². The van der Waals surface area contributed by atoms with Crippen LogP contribution in [0.4, 0.5) is 31.1 Å². The molecule has 0 unspecified atom stereocenters. The summed E-state index contributed by atoms with van der Waals surface area (Å²) in [4.78, 5) is 13.1. The molecule has 10 heteroatoms. The van der Waals surface area contributed by atoms with Crippen molar-refractivity contribution in [2.75, 3.05) is 19.7 Å². The van der Waals surface area contributed by atoms with Crippen LogP contribution in [0.3, 0.4) is 0 Å². The van der Waals surface area contributed by atoms with Gasteiger partial charge in [0.25, 0.3) is 0 Å². The first-order valence-electron chi connectivity index (χ1n) is 8.82. The third-order valence-corrected chi connectivity index (χ3v) is 6.96. The number of halogens is 6. The number of hydrogen-bond donors (Lipinski definition) is 1. The molecular weight excluding hydrogens is 366 g/mol. The lowest BCUT2D eigenvalue weighted by Crippen LogP contribution is -2.72. The third kappa shape index (κ3) is 2.23. The molecule has 0 aromatic heterocycles. The van der Waals surface area contributed by atoms with Crippen molar-refractivity contribution in [3.05, 3.63) is 0 Å². The first-order valence-corrected chi connectivity index (χ1v) is 8.82. The topological polar surface area (TPSA) is 41.6 Å². The van der Waals surface area contributed by atoms with Gasteiger partial charge in [0, 0.05) is 37.1 Å². The van der Waals surface area contributed by atoms with Gasteiger partial charge in [-0.2, -0.15) is 26.3 Å². The van der Waals surface area contributed by atoms with Gasteiger partial charge in [0.15, 0.2) is 5.41 Å². The predicted molar refractivity (Wildman–Crippen MR) is 77.2 cm³/mol. The summed E-state index contributed by atoms with van der Waals surface area (Å²) in [6.07, 6.45) is -8.50. The van der Waals surface area contributed by atoms with Crippen LogP contribution in [0.25, 0.3) is 0 Å². The summed E-state index contributed by atoms with van der Waals surface area (Å²) < 4.78 is 84.6. The zero-order valence-electron chi connectivity index (χ0n) is 13.9. The number of nitrogens with zero attached hydrogens (tertiary/aromatic N) is 1. The van der Waals surface area contributed by atoms with Crippen LogP contribution in [0, 0.1) is 16.7 Å². The maximum absolute atomic E-state index is 13.2. The molecule has 2 saturated carbocycles. The molecule has 3 atom stereocenters. The highest BCUT2D eigenvalue weighted by Crippen LogP contribution is 2.63. The van der Waals surface area contributed by atoms with Crippen LogP contribution in [0.15, 0.2) is 0 Å². The molecule has 0 bridgehead atoms. The van der Waals surface area contributed by atoms with Crippen LogP contribution < -0.4 is 5.32 Å². The molecule has 1 N–H and O–H groups in total. The van der Waals surface area contributed by atoms with Gasteiger partial charge in [-0.25, -0.2) is 4.79 Å². The molecule has 4 fully saturated rings. The van der Waals surface area contributed by atoms with E-state index in [-0.39, 0.29) is 23.5 Å². The number of urea groups is 1. The monoisotopic (exact) mass is 386 g/mol. The number of amides is 2. The first kappa shape index (κ1) is 18.2. The fourth-order valence-electron chi connectivity index (χ4n) is 5.29. The normalized spacial score (nSPS) is 35.0. The van der Waals surface area contributed by atoms with Crippen molar-refractivity contribution < 1.29 is 35.9 Å². The van der Waals surface area contributed by atoms with E-state index < -0.39 is 43.3 Å². The lowest BCUT2D eigenvalue weighted by atomic mass is 9.46. The standard InChI is InChI=1S/C16H20F6N2O2/c17-15(18,19)14(16(20,21)22)5-6-24(8-14)12(25)23-10-9-2-7-26-11(9)13(10)3-1-4-13/h9-11H,1-8H2,(H,23,25)/t9-,10-,11-/m1/s1. The van der Waals surface area contributed by atoms with Gasteiger partial charge in [-0.15, -0.1) is 0 Å². The molecule has 0 radical (unpaired) electrons. The third-order valence-electron chi connectivity index (χ3n) is 6.96. The summed E-state index contributed by atoms with van der Waals surface area (Å²) in [5, 5.41) is 2.74. The predicted octanol–water partition coefficient (Wildman–Crippen LogP) is 3.47. The molecule has 2 heterocycles. The van der Waals surface area contributed by atoms with Crippen molar-refractivity contribution in [3.63, 3.8) is 0 Å². The summed E-state index contributed by atoms with van der Waals surface area (Å²) in [7, 11) is 0. The Kier molecular flexibility index (Phi) is 3.79. The number of rotatable bonds is 1. The van der Waals surface area contributed by atoms with Crippen molar-refractivity contribution >= 4 is 6.03 Å². The van der Waals surface area contributed by atoms with Gasteiger partial charge < -0.3 is 15.0 Å². The van der Waals surface area contributed by atoms with E-state index >= 15 is 0 Å². The van der Waals surface area contributed by atoms with Crippen LogP contribution in [0.2, 0.25) is 0 Å². The van der Waals surface area contributed by atoms with Gasteiger partial charge in [-0.3, -0.25) is 0 Å². The van der Waals surface area contributed by atoms with Crippen LogP contribution in [0.5, 0.6) is 0 Å². The molecule has 148 valence electrons. The molecule has 1 spiro atoms. The van der Waals surface area contributed by atoms with Crippen molar-refractivity contribution in [1.82, 2.24) is 10.2 Å². The lowest BCUT2D eigenvalue weighted by Gasteiger charge is -2.63. The number of carbonyl (C=O) groups excluding carboxylic acids is 1. The summed E-state index contributed by atoms with van der Waals surface area (Å²) >= 11 is 0. The molecule has 0 aromatic carbocycles. The highest BCUT2D eigenvalue weighted by molar-refractivity contribution is 5.75. The minimum Gasteiger partial charge on any atom is -0.377 e. The Hall–Kier alpha value is -1.19. The SMILES string of the molecule is O=C(N[C@@H]1[C@H]2CCO[C@H]2C12CCC2)N1CCC(C(F)(F)F)(C(F)(F)F)C1. The molecule has 4 nitrogen and oxygen atoms in total. The quantitative estimate of drug-likeness (QED) is 0.702. The average Bonchev–Trinajstić information content (AvgIpc) is 3.07. The van der Waals surface area contributed by atoms with Crippen LogP contribution in [-0.2, 0) is 4.74 Å². The van der Waals surface area contributed by atoms with Gasteiger partial charge in [0.1, 0.15) is 0 Å². The second-order valence-corrected chi connectivity index (χ2v) is 8.01. The van der Waals surface area contributed by atoms with Crippen molar-refractivity contribution in [2.45, 2.75) is 56.6 Å². The largest absolute Gasteiger partial charge is 0.404 e. The minimum absolute atomic E-state index is 0.0598. The summed E-state index contributed by atoms with van der Waals surface area (Å²) in [5.41, 5.74) is -4.02. The second-order valence-electron chi connectivity index (χ2n) is 8.01. The second kappa shape index (κ2) is 5.42. The first-order chi connectivity index (χ1) is 12.0. The highest BCUT2D eigenvalue weighted by atomic mass is 19.4. The van der Waals surface area contributed by atoms with Crippen LogP contribution in [-0.4, -0.2) is 55.1 Å². The summed E-state index contributed by atoms with van der Waals surface area (Å²) in [5.74, 6) is 0.108. The number of ether oxygens (including phenoxy) is 1. The van der Waals surface area contributed by atoms with Gasteiger partial charge in [0.05, 0.1) is 6.10 Å². The minimum atomic E-state index is -5.45. The average molecular weight is 386 g/mol. The molecule has 26 heavy (non-hydrogen) atoms. The molecule has 0 aromatic rings. The highest BCUT2D eigenvalue weighted by Gasteiger charge is 2.73. The van der Waals surface area contributed by atoms with E-state index in [9.17, 15) is 31.1 Å². The number of likely N-dealkylation sites (tertiary alicyclic amines) is 1. The van der Waals surface area contributed by atoms with Gasteiger partial charge in [-0.05, 0) is 25.7 Å². The number of hydrogen-bond acceptors (Lipinski definition) is 2. The maximum Gasteiger partial charge on any atom is 0.404 e. The Bertz CT molecular complexity index is 587. The number of fused-ring (bicyclic) bond motifs is 2. The Balaban J connectivity index is 1.47. The molecule has 2 aliphatic carbocycles. The molecule has 4 aliphatic rings. The van der Waals surface area contributed by atoms with E-state index in [1.165, 1.54) is 0 Å². The fraction of sp³-hybridized carbons (Fsp3) is 0.938. The van der Waals surface area contributed by atoms with Crippen molar-refractivity contribution in [3.8, 4) is 0 Å². The lowest BCUT2D eigenvalue weighted by molar-refractivity contribution is -0.334. The van der Waals surface area contributed by atoms with Crippen LogP contribution in [0.1, 0.15) is 32.1 Å². The Morgan fingerprint density at radius 3 is 2.23 bits per heavy atom. The molecular formula is C16H20F6N2O2. The zero-order valence-corrected chi connectivity index (χ0v) is 13.9. The Labute approximate surface area is 146 Å². The zero-order chi connectivity index (χ0) is 19.0. The van der Waals surface area contributed by atoms with E-state index in [0.717, 1.165) is 25.7 Å². The number of alkyl halides is 6. The Morgan fingerprint density at radius 2 is 1.73 bits per heavy atom.